The van der Waals surface area contributed by atoms with Crippen LogP contribution in [0.3, 0.4) is 0 Å². The summed E-state index contributed by atoms with van der Waals surface area (Å²) >= 11 is 1.67. The highest BCUT2D eigenvalue weighted by Crippen LogP contribution is 2.17. The number of thioether (sulfide) groups is 1. The molecule has 7 nitrogen and oxygen atoms in total. The van der Waals surface area contributed by atoms with Gasteiger partial charge < -0.3 is 25.5 Å². The number of aldehydes is 1. The molecule has 8 heteroatoms. The third kappa shape index (κ3) is 37.8. The molecule has 320 valence electrons. The van der Waals surface area contributed by atoms with Crippen molar-refractivity contribution in [2.45, 2.75) is 226 Å². The van der Waals surface area contributed by atoms with Crippen LogP contribution in [0.2, 0.25) is 0 Å². The highest BCUT2D eigenvalue weighted by atomic mass is 32.2. The van der Waals surface area contributed by atoms with Crippen LogP contribution in [0, 0.1) is 5.92 Å². The fourth-order valence-electron chi connectivity index (χ4n) is 7.11. The summed E-state index contributed by atoms with van der Waals surface area (Å²) in [5.41, 5.74) is 6.01. The van der Waals surface area contributed by atoms with E-state index in [2.05, 4.69) is 31.0 Å². The van der Waals surface area contributed by atoms with Crippen LogP contribution in [0.5, 0.6) is 0 Å². The lowest BCUT2D eigenvalue weighted by Gasteiger charge is -2.15. The number of carbonyl (C=O) groups is 3. The molecule has 1 fully saturated rings. The SMILES string of the molecule is CCCCCCCCC(C=O)CCCCCC.CCCCCCCCCCCCCCCCOC(=O)CCSCCC(N)C(=O)NCCCN1CCCC1. The van der Waals surface area contributed by atoms with Gasteiger partial charge in [0.05, 0.1) is 19.1 Å². The molecule has 1 heterocycles. The summed E-state index contributed by atoms with van der Waals surface area (Å²) in [6.07, 6.45) is 39.8. The molecule has 0 radical (unpaired) electrons. The molecule has 1 aliphatic heterocycles. The smallest absolute Gasteiger partial charge is 0.306 e. The lowest BCUT2D eigenvalue weighted by Crippen LogP contribution is -2.41. The van der Waals surface area contributed by atoms with Crippen LogP contribution in [0.4, 0.5) is 0 Å². The zero-order valence-corrected chi connectivity index (χ0v) is 37.0. The van der Waals surface area contributed by atoms with Gasteiger partial charge in [0.15, 0.2) is 0 Å². The molecule has 0 spiro atoms. The molecule has 0 aromatic carbocycles. The molecule has 2 unspecified atom stereocenters. The number of unbranched alkanes of at least 4 members (excludes halogenated alkanes) is 21. The largest absolute Gasteiger partial charge is 0.466 e. The Balaban J connectivity index is 0.00000138. The molecular formula is C46H91N3O4S. The maximum Gasteiger partial charge on any atom is 0.306 e. The van der Waals surface area contributed by atoms with Crippen molar-refractivity contribution in [3.8, 4) is 0 Å². The van der Waals surface area contributed by atoms with E-state index in [1.165, 1.54) is 173 Å². The average Bonchev–Trinajstić information content (AvgIpc) is 3.71. The number of ether oxygens (including phenoxy) is 1. The van der Waals surface area contributed by atoms with Crippen molar-refractivity contribution in [2.75, 3.05) is 44.3 Å². The second-order valence-electron chi connectivity index (χ2n) is 16.1. The summed E-state index contributed by atoms with van der Waals surface area (Å²) in [7, 11) is 0. The van der Waals surface area contributed by atoms with Gasteiger partial charge in [0.1, 0.15) is 6.29 Å². The Morgan fingerprint density at radius 3 is 1.61 bits per heavy atom. The van der Waals surface area contributed by atoms with Gasteiger partial charge in [0.2, 0.25) is 5.91 Å². The van der Waals surface area contributed by atoms with Gasteiger partial charge in [0, 0.05) is 18.2 Å². The minimum atomic E-state index is -0.466. The van der Waals surface area contributed by atoms with Crippen LogP contribution in [0.25, 0.3) is 0 Å². The first kappa shape index (κ1) is 52.9. The van der Waals surface area contributed by atoms with Crippen molar-refractivity contribution >= 4 is 29.9 Å². The first-order valence-electron chi connectivity index (χ1n) is 23.4. The van der Waals surface area contributed by atoms with Gasteiger partial charge in [-0.05, 0) is 70.3 Å². The fraction of sp³-hybridized carbons (Fsp3) is 0.935. The van der Waals surface area contributed by atoms with Crippen LogP contribution < -0.4 is 11.1 Å². The Kier molecular flexibility index (Phi) is 42.1. The van der Waals surface area contributed by atoms with E-state index in [-0.39, 0.29) is 11.9 Å². The molecule has 1 saturated heterocycles. The molecule has 1 aliphatic rings. The number of nitrogens with zero attached hydrogens (tertiary/aromatic N) is 1. The maximum atomic E-state index is 12.1. The van der Waals surface area contributed by atoms with Crippen LogP contribution in [0.15, 0.2) is 0 Å². The quantitative estimate of drug-likeness (QED) is 0.0364. The molecule has 0 saturated carbocycles. The normalized spacial score (nSPS) is 14.0. The molecule has 0 aromatic heterocycles. The number of nitrogens with one attached hydrogen (secondary N) is 1. The minimum Gasteiger partial charge on any atom is -0.466 e. The lowest BCUT2D eigenvalue weighted by atomic mass is 9.95. The second kappa shape index (κ2) is 43.0. The molecule has 1 rings (SSSR count). The van der Waals surface area contributed by atoms with Gasteiger partial charge in [0.25, 0.3) is 0 Å². The van der Waals surface area contributed by atoms with Crippen LogP contribution >= 0.6 is 11.8 Å². The summed E-state index contributed by atoms with van der Waals surface area (Å²) in [4.78, 5) is 37.4. The second-order valence-corrected chi connectivity index (χ2v) is 17.3. The predicted molar refractivity (Wildman–Crippen MR) is 235 cm³/mol. The number of nitrogens with two attached hydrogens (primary N) is 1. The third-order valence-electron chi connectivity index (χ3n) is 10.8. The van der Waals surface area contributed by atoms with E-state index < -0.39 is 6.04 Å². The zero-order chi connectivity index (χ0) is 39.6. The van der Waals surface area contributed by atoms with Crippen LogP contribution in [-0.2, 0) is 19.1 Å². The van der Waals surface area contributed by atoms with Gasteiger partial charge in [-0.2, -0.15) is 11.8 Å². The molecular weight excluding hydrogens is 691 g/mol. The van der Waals surface area contributed by atoms with Crippen molar-refractivity contribution in [3.05, 3.63) is 0 Å². The van der Waals surface area contributed by atoms with E-state index in [9.17, 15) is 14.4 Å². The Labute approximate surface area is 340 Å². The Morgan fingerprint density at radius 1 is 0.648 bits per heavy atom. The van der Waals surface area contributed by atoms with Gasteiger partial charge in [-0.3, -0.25) is 9.59 Å². The average molecular weight is 782 g/mol. The summed E-state index contributed by atoms with van der Waals surface area (Å²) in [6, 6.07) is -0.466. The molecule has 0 aromatic rings. The predicted octanol–water partition coefficient (Wildman–Crippen LogP) is 12.0. The first-order valence-corrected chi connectivity index (χ1v) is 24.6. The van der Waals surface area contributed by atoms with Crippen molar-refractivity contribution < 1.29 is 19.1 Å². The van der Waals surface area contributed by atoms with E-state index in [0.717, 1.165) is 50.2 Å². The summed E-state index contributed by atoms with van der Waals surface area (Å²) in [5, 5.41) is 2.95. The zero-order valence-electron chi connectivity index (χ0n) is 36.2. The van der Waals surface area contributed by atoms with Crippen LogP contribution in [0.1, 0.15) is 220 Å². The lowest BCUT2D eigenvalue weighted by molar-refractivity contribution is -0.143. The van der Waals surface area contributed by atoms with Gasteiger partial charge in [-0.15, -0.1) is 0 Å². The van der Waals surface area contributed by atoms with Crippen LogP contribution in [-0.4, -0.2) is 73.4 Å². The summed E-state index contributed by atoms with van der Waals surface area (Å²) in [5.74, 6) is 1.69. The van der Waals surface area contributed by atoms with Crippen molar-refractivity contribution in [1.29, 1.82) is 0 Å². The van der Waals surface area contributed by atoms with Crippen molar-refractivity contribution in [1.82, 2.24) is 10.2 Å². The standard InChI is InChI=1S/C30H59N3O3S.C16H32O/c1-2-3-4-5-6-7-8-9-10-11-12-13-14-17-25-36-29(34)20-27-37-26-19-28(31)30(35)32-21-18-24-33-22-15-16-23-33;1-3-5-7-9-10-12-14-16(15-17)13-11-8-6-4-2/h28H,2-27,31H2,1H3,(H,32,35);15-16H,3-14H2,1-2H3. The molecule has 1 amide bonds. The fourth-order valence-corrected chi connectivity index (χ4v) is 8.04. The third-order valence-corrected chi connectivity index (χ3v) is 11.8. The molecule has 54 heavy (non-hydrogen) atoms. The number of likely N-dealkylation sites (tertiary alicyclic amines) is 1. The maximum absolute atomic E-state index is 12.1. The Hall–Kier alpha value is -1.12. The van der Waals surface area contributed by atoms with E-state index in [0.29, 0.717) is 31.9 Å². The number of rotatable bonds is 39. The molecule has 0 bridgehead atoms. The Bertz CT molecular complexity index is 811. The van der Waals surface area contributed by atoms with Gasteiger partial charge in [-0.1, -0.05) is 168 Å². The summed E-state index contributed by atoms with van der Waals surface area (Å²) in [6.45, 7) is 11.4. The van der Waals surface area contributed by atoms with E-state index in [1.807, 2.05) is 0 Å². The number of hydrogen-bond acceptors (Lipinski definition) is 7. The molecule has 2 atom stereocenters. The van der Waals surface area contributed by atoms with E-state index in [4.69, 9.17) is 10.5 Å². The first-order chi connectivity index (χ1) is 26.5. The monoisotopic (exact) mass is 782 g/mol. The highest BCUT2D eigenvalue weighted by molar-refractivity contribution is 7.99. The number of carbonyl (C=O) groups excluding carboxylic acids is 3. The minimum absolute atomic E-state index is 0.0606. The number of amides is 1. The number of hydrogen-bond donors (Lipinski definition) is 2. The van der Waals surface area contributed by atoms with Crippen molar-refractivity contribution in [3.63, 3.8) is 0 Å². The molecule has 3 N–H and O–H groups in total. The topological polar surface area (TPSA) is 102 Å². The van der Waals surface area contributed by atoms with Gasteiger partial charge in [-0.25, -0.2) is 0 Å². The molecule has 0 aliphatic carbocycles. The number of esters is 1. The van der Waals surface area contributed by atoms with Gasteiger partial charge >= 0.3 is 5.97 Å². The summed E-state index contributed by atoms with van der Waals surface area (Å²) < 4.78 is 5.36. The van der Waals surface area contributed by atoms with Crippen molar-refractivity contribution in [2.24, 2.45) is 11.7 Å². The van der Waals surface area contributed by atoms with E-state index >= 15 is 0 Å². The van der Waals surface area contributed by atoms with E-state index in [1.54, 1.807) is 11.8 Å². The highest BCUT2D eigenvalue weighted by Gasteiger charge is 2.14. The Morgan fingerprint density at radius 2 is 1.11 bits per heavy atom.